The lowest BCUT2D eigenvalue weighted by Gasteiger charge is -2.52. The van der Waals surface area contributed by atoms with Gasteiger partial charge in [0.15, 0.2) is 15.4 Å². The van der Waals surface area contributed by atoms with Crippen molar-refractivity contribution >= 4 is 50.9 Å². The molecule has 3 aliphatic rings. The van der Waals surface area contributed by atoms with Gasteiger partial charge in [0, 0.05) is 44.5 Å². The van der Waals surface area contributed by atoms with Gasteiger partial charge in [0.25, 0.3) is 5.91 Å². The van der Waals surface area contributed by atoms with E-state index in [0.29, 0.717) is 24.0 Å². The highest BCUT2D eigenvalue weighted by Crippen LogP contribution is 2.46. The monoisotopic (exact) mass is 745 g/mol. The Morgan fingerprint density at radius 3 is 2.38 bits per heavy atom. The maximum Gasteiger partial charge on any atom is 0.411 e. The zero-order valence-corrected chi connectivity index (χ0v) is 29.9. The molecule has 13 nitrogen and oxygen atoms in total. The number of halogens is 3. The minimum absolute atomic E-state index is 0.0206. The zero-order valence-electron chi connectivity index (χ0n) is 27.6. The number of hydrogen-bond donors (Lipinski definition) is 1. The normalized spacial score (nSPS) is 22.8. The van der Waals surface area contributed by atoms with Crippen molar-refractivity contribution in [1.82, 2.24) is 29.9 Å². The molecule has 264 valence electrons. The van der Waals surface area contributed by atoms with Crippen LogP contribution in [-0.2, 0) is 36.7 Å². The van der Waals surface area contributed by atoms with Crippen molar-refractivity contribution in [3.63, 3.8) is 0 Å². The first kappa shape index (κ1) is 35.6. The van der Waals surface area contributed by atoms with E-state index in [1.165, 1.54) is 12.1 Å². The van der Waals surface area contributed by atoms with Crippen molar-refractivity contribution in [2.45, 2.75) is 79.3 Å². The number of benzene rings is 1. The Labute approximate surface area is 298 Å². The first-order valence-electron chi connectivity index (χ1n) is 15.8. The summed E-state index contributed by atoms with van der Waals surface area (Å²) in [6.45, 7) is 4.36. The number of aryl methyl sites for hydroxylation is 1. The summed E-state index contributed by atoms with van der Waals surface area (Å²) in [4.78, 5) is 48.2. The molecule has 2 aliphatic heterocycles. The van der Waals surface area contributed by atoms with E-state index >= 15 is 4.39 Å². The van der Waals surface area contributed by atoms with E-state index in [1.54, 1.807) is 51.0 Å². The lowest BCUT2D eigenvalue weighted by atomic mass is 9.79. The number of pyridine rings is 1. The standard InChI is InChI=1S/C33H34Cl2FN7O6S/c1-31(2,3)49-30(46)43-10-9-33(43,27-24(36)12-21(34)15-38-27)29(45)42-17-22(13-25(42)28(44)40-32(18-37)7-8-32)50(47,48)26-6-5-19(11-23(26)35)20-14-39-41(4)16-20/h5-6,11-12,14-16,22,25H,7-10,13,17H2,1-4H3,(H,40,44)/t22-,25+,33?/m1/s1. The third-order valence-electron chi connectivity index (χ3n) is 9.19. The molecule has 0 radical (unpaired) electrons. The van der Waals surface area contributed by atoms with Gasteiger partial charge in [-0.2, -0.15) is 10.4 Å². The summed E-state index contributed by atoms with van der Waals surface area (Å²) in [7, 11) is -2.56. The largest absolute Gasteiger partial charge is 0.444 e. The molecular weight excluding hydrogens is 712 g/mol. The fraction of sp³-hybridized carbons (Fsp3) is 0.455. The maximum absolute atomic E-state index is 15.7. The van der Waals surface area contributed by atoms with Gasteiger partial charge in [-0.3, -0.25) is 24.2 Å². The first-order valence-corrected chi connectivity index (χ1v) is 18.1. The molecule has 6 rings (SSSR count). The minimum atomic E-state index is -4.30. The van der Waals surface area contributed by atoms with Gasteiger partial charge < -0.3 is 15.0 Å². The third kappa shape index (κ3) is 6.29. The van der Waals surface area contributed by atoms with Crippen LogP contribution in [0.2, 0.25) is 10.0 Å². The molecule has 0 spiro atoms. The Kier molecular flexibility index (Phi) is 8.89. The second-order valence-corrected chi connectivity index (χ2v) is 16.9. The van der Waals surface area contributed by atoms with Crippen molar-refractivity contribution in [3.05, 3.63) is 64.4 Å². The number of nitriles is 1. The quantitative estimate of drug-likeness (QED) is 0.369. The Morgan fingerprint density at radius 2 is 1.84 bits per heavy atom. The summed E-state index contributed by atoms with van der Waals surface area (Å²) in [5.74, 6) is -2.66. The SMILES string of the molecule is Cn1cc(-c2ccc(S(=O)(=O)[C@@H]3C[C@@H](C(=O)NC4(C#N)CC4)N(C(=O)C4(c5ncc(Cl)cc5F)CCN4C(=O)OC(C)(C)C)C3)c(Cl)c2)cn1. The molecule has 1 saturated carbocycles. The number of likely N-dealkylation sites (tertiary alicyclic amines) is 2. The Bertz CT molecular complexity index is 2060. The zero-order chi connectivity index (χ0) is 36.4. The number of rotatable bonds is 7. The topological polar surface area (TPSA) is 168 Å². The van der Waals surface area contributed by atoms with Gasteiger partial charge in [-0.15, -0.1) is 0 Å². The van der Waals surface area contributed by atoms with Crippen LogP contribution >= 0.6 is 23.2 Å². The molecule has 3 amide bonds. The molecule has 1 aromatic carbocycles. The molecule has 3 atom stereocenters. The average Bonchev–Trinajstić information content (AvgIpc) is 3.40. The number of sulfone groups is 1. The summed E-state index contributed by atoms with van der Waals surface area (Å²) >= 11 is 12.5. The first-order chi connectivity index (χ1) is 23.4. The van der Waals surface area contributed by atoms with E-state index in [4.69, 9.17) is 27.9 Å². The Hall–Kier alpha value is -4.26. The number of nitrogens with one attached hydrogen (secondary N) is 1. The average molecular weight is 747 g/mol. The van der Waals surface area contributed by atoms with Crippen molar-refractivity contribution in [2.75, 3.05) is 13.1 Å². The molecule has 2 aromatic heterocycles. The van der Waals surface area contributed by atoms with Crippen molar-refractivity contribution in [1.29, 1.82) is 5.26 Å². The van der Waals surface area contributed by atoms with Crippen LogP contribution in [0.1, 0.15) is 52.1 Å². The number of ether oxygens (including phenoxy) is 1. The van der Waals surface area contributed by atoms with Crippen molar-refractivity contribution in [3.8, 4) is 17.2 Å². The highest BCUT2D eigenvalue weighted by Gasteiger charge is 2.62. The number of nitrogens with zero attached hydrogens (tertiary/aromatic N) is 6. The fourth-order valence-corrected chi connectivity index (χ4v) is 8.79. The number of carbonyl (C=O) groups excluding carboxylic acids is 3. The van der Waals surface area contributed by atoms with Crippen LogP contribution in [0, 0.1) is 17.1 Å². The van der Waals surface area contributed by atoms with E-state index in [1.807, 2.05) is 0 Å². The second-order valence-electron chi connectivity index (χ2n) is 13.8. The summed E-state index contributed by atoms with van der Waals surface area (Å²) in [6.07, 6.45) is 3.84. The molecular formula is C33H34Cl2FN7O6S. The second kappa shape index (κ2) is 12.5. The molecule has 1 unspecified atom stereocenters. The van der Waals surface area contributed by atoms with Gasteiger partial charge >= 0.3 is 6.09 Å². The predicted octanol–water partition coefficient (Wildman–Crippen LogP) is 4.38. The summed E-state index contributed by atoms with van der Waals surface area (Å²) in [6, 6.07) is 6.04. The highest BCUT2D eigenvalue weighted by molar-refractivity contribution is 7.92. The van der Waals surface area contributed by atoms with Crippen LogP contribution < -0.4 is 5.32 Å². The summed E-state index contributed by atoms with van der Waals surface area (Å²) in [5.41, 5.74) is -3.31. The van der Waals surface area contributed by atoms with Gasteiger partial charge in [-0.05, 0) is 63.8 Å². The lowest BCUT2D eigenvalue weighted by Crippen LogP contribution is -2.69. The van der Waals surface area contributed by atoms with Gasteiger partial charge in [-0.25, -0.2) is 17.6 Å². The van der Waals surface area contributed by atoms with E-state index in [0.717, 1.165) is 22.1 Å². The summed E-state index contributed by atoms with van der Waals surface area (Å²) in [5, 5.41) is 15.0. The van der Waals surface area contributed by atoms with Crippen molar-refractivity contribution < 1.29 is 31.9 Å². The molecule has 1 N–H and O–H groups in total. The molecule has 50 heavy (non-hydrogen) atoms. The number of aromatic nitrogens is 3. The minimum Gasteiger partial charge on any atom is -0.444 e. The maximum atomic E-state index is 15.7. The van der Waals surface area contributed by atoms with Crippen LogP contribution in [0.15, 0.2) is 47.8 Å². The van der Waals surface area contributed by atoms with Crippen LogP contribution in [0.3, 0.4) is 0 Å². The van der Waals surface area contributed by atoms with Crippen LogP contribution in [0.4, 0.5) is 9.18 Å². The van der Waals surface area contributed by atoms with Gasteiger partial charge in [0.05, 0.1) is 32.5 Å². The van der Waals surface area contributed by atoms with Crippen LogP contribution in [0.25, 0.3) is 11.1 Å². The van der Waals surface area contributed by atoms with Gasteiger partial charge in [0.2, 0.25) is 5.91 Å². The third-order valence-corrected chi connectivity index (χ3v) is 12.0. The molecule has 17 heteroatoms. The van der Waals surface area contributed by atoms with E-state index < -0.39 is 73.8 Å². The predicted molar refractivity (Wildman–Crippen MR) is 179 cm³/mol. The van der Waals surface area contributed by atoms with Crippen molar-refractivity contribution in [2.24, 2.45) is 7.05 Å². The molecule has 4 heterocycles. The lowest BCUT2D eigenvalue weighted by molar-refractivity contribution is -0.158. The highest BCUT2D eigenvalue weighted by atomic mass is 35.5. The molecule has 1 aliphatic carbocycles. The summed E-state index contributed by atoms with van der Waals surface area (Å²) < 4.78 is 51.3. The van der Waals surface area contributed by atoms with Crippen LogP contribution in [0.5, 0.6) is 0 Å². The molecule has 2 saturated heterocycles. The van der Waals surface area contributed by atoms with E-state index in [9.17, 15) is 28.1 Å². The van der Waals surface area contributed by atoms with Gasteiger partial charge in [-0.1, -0.05) is 29.3 Å². The molecule has 3 aromatic rings. The number of amides is 3. The Morgan fingerprint density at radius 1 is 1.12 bits per heavy atom. The van der Waals surface area contributed by atoms with E-state index in [-0.39, 0.29) is 34.3 Å². The van der Waals surface area contributed by atoms with Gasteiger partial charge in [0.1, 0.15) is 28.7 Å². The fourth-order valence-electron chi connectivity index (χ4n) is 6.40. The Balaban J connectivity index is 1.40. The molecule has 3 fully saturated rings. The number of hydrogen-bond acceptors (Lipinski definition) is 9. The number of carbonyl (C=O) groups is 3. The smallest absolute Gasteiger partial charge is 0.411 e. The molecule has 0 bridgehead atoms. The van der Waals surface area contributed by atoms with E-state index in [2.05, 4.69) is 21.5 Å². The van der Waals surface area contributed by atoms with Crippen LogP contribution in [-0.4, -0.2) is 86.4 Å².